The molecule has 0 aliphatic heterocycles. The van der Waals surface area contributed by atoms with E-state index in [0.717, 1.165) is 19.3 Å². The van der Waals surface area contributed by atoms with Crippen LogP contribution in [0.15, 0.2) is 32.0 Å². The van der Waals surface area contributed by atoms with E-state index >= 15 is 0 Å². The van der Waals surface area contributed by atoms with Gasteiger partial charge in [-0.2, -0.15) is 0 Å². The third-order valence-electron chi connectivity index (χ3n) is 3.63. The maximum Gasteiger partial charge on any atom is 0.206 e. The first kappa shape index (κ1) is 14.5. The molecule has 2 heterocycles. The number of benzene rings is 1. The van der Waals surface area contributed by atoms with E-state index in [1.165, 1.54) is 12.3 Å². The van der Waals surface area contributed by atoms with Gasteiger partial charge in [0.25, 0.3) is 0 Å². The van der Waals surface area contributed by atoms with Gasteiger partial charge in [-0.15, -0.1) is 0 Å². The van der Waals surface area contributed by atoms with Gasteiger partial charge in [-0.1, -0.05) is 19.8 Å². The van der Waals surface area contributed by atoms with Gasteiger partial charge in [-0.25, -0.2) is 0 Å². The molecule has 0 radical (unpaired) electrons. The summed E-state index contributed by atoms with van der Waals surface area (Å²) in [6.07, 6.45) is 4.50. The van der Waals surface area contributed by atoms with Gasteiger partial charge in [0.2, 0.25) is 5.75 Å². The monoisotopic (exact) mass is 302 g/mol. The molecule has 0 bridgehead atoms. The molecule has 0 atom stereocenters. The number of phenols is 1. The molecule has 0 aliphatic carbocycles. The molecule has 0 saturated carbocycles. The predicted molar refractivity (Wildman–Crippen MR) is 83.7 cm³/mol. The Morgan fingerprint density at radius 1 is 1.27 bits per heavy atom. The number of aryl methyl sites for hydroxylation is 1. The van der Waals surface area contributed by atoms with Crippen LogP contribution in [0, 0.1) is 6.92 Å². The number of unbranched alkanes of at least 4 members (excludes halogenated alkanes) is 2. The second kappa shape index (κ2) is 5.75. The van der Waals surface area contributed by atoms with Gasteiger partial charge in [-0.3, -0.25) is 4.79 Å². The molecule has 2 aromatic heterocycles. The van der Waals surface area contributed by atoms with Crippen molar-refractivity contribution >= 4 is 21.9 Å². The van der Waals surface area contributed by atoms with Crippen LogP contribution in [0.1, 0.15) is 31.9 Å². The van der Waals surface area contributed by atoms with Crippen LogP contribution in [0.5, 0.6) is 11.5 Å². The smallest absolute Gasteiger partial charge is 0.206 e. The first-order valence-electron chi connectivity index (χ1n) is 7.43. The Kier molecular flexibility index (Phi) is 3.79. The van der Waals surface area contributed by atoms with E-state index in [1.54, 1.807) is 13.0 Å². The highest BCUT2D eigenvalue weighted by molar-refractivity contribution is 6.06. The molecule has 0 amide bonds. The molecule has 5 nitrogen and oxygen atoms in total. The molecule has 22 heavy (non-hydrogen) atoms. The van der Waals surface area contributed by atoms with Crippen LogP contribution in [0.4, 0.5) is 0 Å². The minimum absolute atomic E-state index is 0.130. The summed E-state index contributed by atoms with van der Waals surface area (Å²) in [5, 5.41) is 10.9. The molecule has 1 aromatic carbocycles. The molecular weight excluding hydrogens is 284 g/mol. The number of rotatable bonds is 5. The van der Waals surface area contributed by atoms with Crippen LogP contribution in [-0.2, 0) is 0 Å². The van der Waals surface area contributed by atoms with Crippen molar-refractivity contribution in [2.24, 2.45) is 0 Å². The molecule has 1 N–H and O–H groups in total. The lowest BCUT2D eigenvalue weighted by molar-refractivity contribution is 0.303. The lowest BCUT2D eigenvalue weighted by Crippen LogP contribution is -2.04. The van der Waals surface area contributed by atoms with Gasteiger partial charge >= 0.3 is 0 Å². The Labute approximate surface area is 127 Å². The molecule has 0 fully saturated rings. The van der Waals surface area contributed by atoms with Gasteiger partial charge in [0, 0.05) is 6.07 Å². The normalized spacial score (nSPS) is 11.4. The number of aromatic hydroxyl groups is 1. The molecule has 0 saturated heterocycles. The number of ether oxygens (including phenoxy) is 1. The number of furan rings is 1. The summed E-state index contributed by atoms with van der Waals surface area (Å²) in [5.74, 6) is 0.708. The summed E-state index contributed by atoms with van der Waals surface area (Å²) in [7, 11) is 0. The van der Waals surface area contributed by atoms with Gasteiger partial charge < -0.3 is 18.7 Å². The standard InChI is InChI=1S/C17H18O5/c1-3-4-5-7-20-17-15-11(6-8-21-15)14(19)13-12(18)9-10(2)22-16(13)17/h6,8-9,19H,3-5,7H2,1-2H3. The number of phenolic OH excluding ortho intramolecular Hbond substituents is 1. The molecule has 116 valence electrons. The van der Waals surface area contributed by atoms with Gasteiger partial charge in [0.15, 0.2) is 16.6 Å². The van der Waals surface area contributed by atoms with Gasteiger partial charge in [0.05, 0.1) is 18.3 Å². The third-order valence-corrected chi connectivity index (χ3v) is 3.63. The van der Waals surface area contributed by atoms with E-state index in [9.17, 15) is 9.90 Å². The molecule has 0 spiro atoms. The number of hydrogen-bond donors (Lipinski definition) is 1. The molecule has 5 heteroatoms. The molecule has 0 aliphatic rings. The largest absolute Gasteiger partial charge is 0.506 e. The van der Waals surface area contributed by atoms with Crippen LogP contribution >= 0.6 is 0 Å². The fourth-order valence-electron chi connectivity index (χ4n) is 2.56. The molecule has 3 aromatic rings. The van der Waals surface area contributed by atoms with Crippen molar-refractivity contribution in [2.45, 2.75) is 33.1 Å². The predicted octanol–water partition coefficient (Wildman–Crippen LogP) is 4.12. The zero-order chi connectivity index (χ0) is 15.7. The lowest BCUT2D eigenvalue weighted by atomic mass is 10.1. The first-order chi connectivity index (χ1) is 10.6. The Morgan fingerprint density at radius 3 is 2.86 bits per heavy atom. The minimum Gasteiger partial charge on any atom is -0.506 e. The Bertz CT molecular complexity index is 872. The fourth-order valence-corrected chi connectivity index (χ4v) is 2.56. The average Bonchev–Trinajstić information content (AvgIpc) is 2.95. The van der Waals surface area contributed by atoms with Crippen LogP contribution in [0.25, 0.3) is 21.9 Å². The minimum atomic E-state index is -0.294. The topological polar surface area (TPSA) is 72.8 Å². The van der Waals surface area contributed by atoms with Crippen molar-refractivity contribution in [2.75, 3.05) is 6.61 Å². The lowest BCUT2D eigenvalue weighted by Gasteiger charge is -2.10. The van der Waals surface area contributed by atoms with Crippen molar-refractivity contribution in [1.82, 2.24) is 0 Å². The summed E-state index contributed by atoms with van der Waals surface area (Å²) >= 11 is 0. The maximum atomic E-state index is 12.2. The second-order valence-electron chi connectivity index (χ2n) is 5.32. The van der Waals surface area contributed by atoms with Crippen molar-refractivity contribution in [3.8, 4) is 11.5 Å². The van der Waals surface area contributed by atoms with Crippen molar-refractivity contribution in [1.29, 1.82) is 0 Å². The van der Waals surface area contributed by atoms with Crippen molar-refractivity contribution in [3.05, 3.63) is 34.4 Å². The van der Waals surface area contributed by atoms with Crippen LogP contribution in [-0.4, -0.2) is 11.7 Å². The summed E-state index contributed by atoms with van der Waals surface area (Å²) in [4.78, 5) is 12.2. The van der Waals surface area contributed by atoms with Gasteiger partial charge in [-0.05, 0) is 19.4 Å². The van der Waals surface area contributed by atoms with E-state index in [2.05, 4.69) is 6.92 Å². The quantitative estimate of drug-likeness (QED) is 0.718. The summed E-state index contributed by atoms with van der Waals surface area (Å²) < 4.78 is 16.9. The van der Waals surface area contributed by atoms with E-state index < -0.39 is 0 Å². The van der Waals surface area contributed by atoms with Crippen molar-refractivity contribution < 1.29 is 18.7 Å². The van der Waals surface area contributed by atoms with E-state index in [0.29, 0.717) is 29.1 Å². The zero-order valence-corrected chi connectivity index (χ0v) is 12.6. The van der Waals surface area contributed by atoms with Gasteiger partial charge in [0.1, 0.15) is 16.9 Å². The maximum absolute atomic E-state index is 12.2. The van der Waals surface area contributed by atoms with E-state index in [1.807, 2.05) is 0 Å². The highest BCUT2D eigenvalue weighted by Crippen LogP contribution is 2.41. The second-order valence-corrected chi connectivity index (χ2v) is 5.32. The Morgan fingerprint density at radius 2 is 2.09 bits per heavy atom. The molecule has 0 unspecified atom stereocenters. The Balaban J connectivity index is 2.23. The summed E-state index contributed by atoms with van der Waals surface area (Å²) in [6, 6.07) is 2.97. The van der Waals surface area contributed by atoms with Crippen LogP contribution in [0.2, 0.25) is 0 Å². The third kappa shape index (κ3) is 2.32. The SMILES string of the molecule is CCCCCOc1c2occc2c(O)c2c(=O)cc(C)oc12. The molecule has 3 rings (SSSR count). The van der Waals surface area contributed by atoms with E-state index in [4.69, 9.17) is 13.6 Å². The number of fused-ring (bicyclic) bond motifs is 2. The molecular formula is C17H18O5. The summed E-state index contributed by atoms with van der Waals surface area (Å²) in [5.41, 5.74) is 0.342. The highest BCUT2D eigenvalue weighted by Gasteiger charge is 2.21. The zero-order valence-electron chi connectivity index (χ0n) is 12.6. The van der Waals surface area contributed by atoms with Crippen LogP contribution in [0.3, 0.4) is 0 Å². The van der Waals surface area contributed by atoms with Crippen LogP contribution < -0.4 is 10.2 Å². The Hall–Kier alpha value is -2.43. The van der Waals surface area contributed by atoms with Crippen molar-refractivity contribution in [3.63, 3.8) is 0 Å². The van der Waals surface area contributed by atoms with E-state index in [-0.39, 0.29) is 22.1 Å². The highest BCUT2D eigenvalue weighted by atomic mass is 16.5. The number of hydrogen-bond acceptors (Lipinski definition) is 5. The average molecular weight is 302 g/mol. The fraction of sp³-hybridized carbons (Fsp3) is 0.353. The summed E-state index contributed by atoms with van der Waals surface area (Å²) in [6.45, 7) is 4.30. The first-order valence-corrected chi connectivity index (χ1v) is 7.43.